The SMILES string of the molecule is Cc1ccc(C2=CCN([C@@H](C)c3nnc(-c4cccs4)o3)CC2)cc1. The number of nitrogens with zero attached hydrogens (tertiary/aromatic N) is 3. The van der Waals surface area contributed by atoms with Gasteiger partial charge < -0.3 is 4.42 Å². The lowest BCUT2D eigenvalue weighted by atomic mass is 9.98. The molecular weight excluding hydrogens is 330 g/mol. The number of aromatic nitrogens is 2. The lowest BCUT2D eigenvalue weighted by Crippen LogP contribution is -2.31. The van der Waals surface area contributed by atoms with Gasteiger partial charge in [0.2, 0.25) is 5.89 Å². The molecule has 3 heterocycles. The second-order valence-corrected chi connectivity index (χ2v) is 7.39. The summed E-state index contributed by atoms with van der Waals surface area (Å²) in [4.78, 5) is 3.40. The minimum absolute atomic E-state index is 0.122. The van der Waals surface area contributed by atoms with Crippen LogP contribution < -0.4 is 0 Å². The summed E-state index contributed by atoms with van der Waals surface area (Å²) in [5, 5.41) is 10.5. The van der Waals surface area contributed by atoms with Gasteiger partial charge in [0.05, 0.1) is 10.9 Å². The topological polar surface area (TPSA) is 42.2 Å². The fourth-order valence-electron chi connectivity index (χ4n) is 3.13. The second-order valence-electron chi connectivity index (χ2n) is 6.44. The molecule has 0 saturated carbocycles. The molecule has 0 bridgehead atoms. The van der Waals surface area contributed by atoms with Crippen LogP contribution in [0.4, 0.5) is 0 Å². The van der Waals surface area contributed by atoms with Gasteiger partial charge in [0.25, 0.3) is 5.89 Å². The first-order valence-electron chi connectivity index (χ1n) is 8.58. The van der Waals surface area contributed by atoms with Crippen molar-refractivity contribution in [2.75, 3.05) is 13.1 Å². The average molecular weight is 351 g/mol. The van der Waals surface area contributed by atoms with Crippen molar-refractivity contribution in [3.63, 3.8) is 0 Å². The first-order chi connectivity index (χ1) is 12.2. The van der Waals surface area contributed by atoms with E-state index in [0.717, 1.165) is 24.4 Å². The third kappa shape index (κ3) is 3.43. The van der Waals surface area contributed by atoms with Crippen molar-refractivity contribution >= 4 is 16.9 Å². The number of thiophene rings is 1. The van der Waals surface area contributed by atoms with Gasteiger partial charge in [0.15, 0.2) is 0 Å². The Hall–Kier alpha value is -2.24. The zero-order valence-corrected chi connectivity index (χ0v) is 15.3. The minimum atomic E-state index is 0.122. The normalized spacial score (nSPS) is 16.6. The standard InChI is InChI=1S/C20H21N3OS/c1-14-5-7-16(8-6-14)17-9-11-23(12-10-17)15(2)19-21-22-20(24-19)18-4-3-13-25-18/h3-9,13,15H,10-12H2,1-2H3/t15-/m0/s1. The Morgan fingerprint density at radius 1 is 1.16 bits per heavy atom. The summed E-state index contributed by atoms with van der Waals surface area (Å²) in [6, 6.07) is 12.9. The highest BCUT2D eigenvalue weighted by molar-refractivity contribution is 7.13. The van der Waals surface area contributed by atoms with Crippen molar-refractivity contribution in [3.05, 3.63) is 64.9 Å². The van der Waals surface area contributed by atoms with E-state index in [-0.39, 0.29) is 6.04 Å². The van der Waals surface area contributed by atoms with E-state index in [2.05, 4.69) is 59.3 Å². The van der Waals surface area contributed by atoms with Crippen LogP contribution >= 0.6 is 11.3 Å². The molecule has 1 aliphatic heterocycles. The summed E-state index contributed by atoms with van der Waals surface area (Å²) < 4.78 is 5.89. The zero-order valence-electron chi connectivity index (χ0n) is 14.5. The van der Waals surface area contributed by atoms with Gasteiger partial charge in [-0.05, 0) is 42.9 Å². The highest BCUT2D eigenvalue weighted by Crippen LogP contribution is 2.30. The summed E-state index contributed by atoms with van der Waals surface area (Å²) >= 11 is 1.62. The fraction of sp³-hybridized carbons (Fsp3) is 0.300. The van der Waals surface area contributed by atoms with Crippen LogP contribution in [-0.2, 0) is 0 Å². The van der Waals surface area contributed by atoms with E-state index in [1.54, 1.807) is 11.3 Å². The second kappa shape index (κ2) is 6.94. The first-order valence-corrected chi connectivity index (χ1v) is 9.46. The van der Waals surface area contributed by atoms with Crippen LogP contribution in [0.2, 0.25) is 0 Å². The molecule has 0 spiro atoms. The van der Waals surface area contributed by atoms with E-state index in [0.29, 0.717) is 11.8 Å². The van der Waals surface area contributed by atoms with Gasteiger partial charge in [-0.1, -0.05) is 42.0 Å². The molecule has 0 saturated heterocycles. The summed E-state index contributed by atoms with van der Waals surface area (Å²) in [7, 11) is 0. The van der Waals surface area contributed by atoms with Crippen molar-refractivity contribution in [2.45, 2.75) is 26.3 Å². The predicted octanol–water partition coefficient (Wildman–Crippen LogP) is 4.96. The zero-order chi connectivity index (χ0) is 17.2. The predicted molar refractivity (Wildman–Crippen MR) is 101 cm³/mol. The quantitative estimate of drug-likeness (QED) is 0.666. The Morgan fingerprint density at radius 2 is 2.00 bits per heavy atom. The summed E-state index contributed by atoms with van der Waals surface area (Å²) in [6.45, 7) is 6.16. The molecule has 1 aliphatic rings. The van der Waals surface area contributed by atoms with Crippen LogP contribution in [0.1, 0.15) is 36.4 Å². The van der Waals surface area contributed by atoms with Crippen molar-refractivity contribution in [2.24, 2.45) is 0 Å². The van der Waals surface area contributed by atoms with Crippen LogP contribution in [0.15, 0.2) is 52.3 Å². The Bertz CT molecular complexity index is 865. The molecule has 5 heteroatoms. The summed E-state index contributed by atoms with van der Waals surface area (Å²) in [6.07, 6.45) is 3.36. The Morgan fingerprint density at radius 3 is 2.68 bits per heavy atom. The van der Waals surface area contributed by atoms with Gasteiger partial charge in [0.1, 0.15) is 0 Å². The number of hydrogen-bond acceptors (Lipinski definition) is 5. The number of aryl methyl sites for hydroxylation is 1. The molecule has 1 atom stereocenters. The maximum Gasteiger partial charge on any atom is 0.257 e. The Kier molecular flexibility index (Phi) is 4.51. The maximum absolute atomic E-state index is 5.89. The lowest BCUT2D eigenvalue weighted by Gasteiger charge is -2.30. The molecule has 4 nitrogen and oxygen atoms in total. The van der Waals surface area contributed by atoms with Crippen molar-refractivity contribution in [1.82, 2.24) is 15.1 Å². The smallest absolute Gasteiger partial charge is 0.257 e. The van der Waals surface area contributed by atoms with E-state index in [1.165, 1.54) is 16.7 Å². The molecule has 0 aliphatic carbocycles. The lowest BCUT2D eigenvalue weighted by molar-refractivity contribution is 0.202. The van der Waals surface area contributed by atoms with Gasteiger partial charge >= 0.3 is 0 Å². The average Bonchev–Trinajstić information content (AvgIpc) is 3.33. The molecule has 25 heavy (non-hydrogen) atoms. The summed E-state index contributed by atoms with van der Waals surface area (Å²) in [5.41, 5.74) is 4.05. The fourth-order valence-corrected chi connectivity index (χ4v) is 3.77. The van der Waals surface area contributed by atoms with Crippen LogP contribution in [0.5, 0.6) is 0 Å². The van der Waals surface area contributed by atoms with Crippen LogP contribution in [0.25, 0.3) is 16.3 Å². The number of rotatable bonds is 4. The third-order valence-corrected chi connectivity index (χ3v) is 5.60. The van der Waals surface area contributed by atoms with E-state index < -0.39 is 0 Å². The van der Waals surface area contributed by atoms with Gasteiger partial charge in [-0.3, -0.25) is 4.90 Å². The minimum Gasteiger partial charge on any atom is -0.418 e. The van der Waals surface area contributed by atoms with E-state index >= 15 is 0 Å². The van der Waals surface area contributed by atoms with Crippen LogP contribution in [0, 0.1) is 6.92 Å². The number of hydrogen-bond donors (Lipinski definition) is 0. The maximum atomic E-state index is 5.89. The molecule has 4 rings (SSSR count). The van der Waals surface area contributed by atoms with Gasteiger partial charge in [-0.15, -0.1) is 21.5 Å². The van der Waals surface area contributed by atoms with Gasteiger partial charge in [-0.2, -0.15) is 0 Å². The van der Waals surface area contributed by atoms with E-state index in [9.17, 15) is 0 Å². The molecule has 2 aromatic heterocycles. The molecule has 0 radical (unpaired) electrons. The molecule has 128 valence electrons. The van der Waals surface area contributed by atoms with Gasteiger partial charge in [0, 0.05) is 13.1 Å². The summed E-state index contributed by atoms with van der Waals surface area (Å²) in [5.74, 6) is 1.31. The molecule has 1 aromatic carbocycles. The highest BCUT2D eigenvalue weighted by atomic mass is 32.1. The Balaban J connectivity index is 1.46. The molecule has 3 aromatic rings. The van der Waals surface area contributed by atoms with Crippen molar-refractivity contribution < 1.29 is 4.42 Å². The van der Waals surface area contributed by atoms with E-state index in [4.69, 9.17) is 4.42 Å². The molecule has 0 amide bonds. The van der Waals surface area contributed by atoms with E-state index in [1.807, 2.05) is 17.5 Å². The van der Waals surface area contributed by atoms with Crippen LogP contribution in [0.3, 0.4) is 0 Å². The van der Waals surface area contributed by atoms with Gasteiger partial charge in [-0.25, -0.2) is 0 Å². The molecular formula is C20H21N3OS. The monoisotopic (exact) mass is 351 g/mol. The molecule has 0 fully saturated rings. The Labute approximate surface area is 151 Å². The van der Waals surface area contributed by atoms with Crippen molar-refractivity contribution in [1.29, 1.82) is 0 Å². The highest BCUT2D eigenvalue weighted by Gasteiger charge is 2.24. The molecule has 0 N–H and O–H groups in total. The largest absolute Gasteiger partial charge is 0.418 e. The molecule has 0 unspecified atom stereocenters. The first kappa shape index (κ1) is 16.2. The third-order valence-electron chi connectivity index (χ3n) is 4.74. The van der Waals surface area contributed by atoms with Crippen LogP contribution in [-0.4, -0.2) is 28.2 Å². The van der Waals surface area contributed by atoms with Crippen molar-refractivity contribution in [3.8, 4) is 10.8 Å². The number of benzene rings is 1.